The van der Waals surface area contributed by atoms with Crippen molar-refractivity contribution in [2.75, 3.05) is 10.2 Å². The number of amides is 3. The Kier molecular flexibility index (Phi) is 3.96. The molecule has 2 aromatic carbocycles. The number of carbonyl (C=O) groups is 3. The fraction of sp³-hybridized carbons (Fsp3) is 0.375. The quantitative estimate of drug-likeness (QED) is 0.756. The number of fused-ring (bicyclic) bond motifs is 4. The molecule has 0 aliphatic carbocycles. The van der Waals surface area contributed by atoms with Crippen LogP contribution in [0.2, 0.25) is 0 Å². The molecule has 0 unspecified atom stereocenters. The van der Waals surface area contributed by atoms with Gasteiger partial charge in [0.25, 0.3) is 0 Å². The summed E-state index contributed by atoms with van der Waals surface area (Å²) in [5, 5.41) is 6.38. The highest BCUT2D eigenvalue weighted by atomic mass is 16.2. The highest BCUT2D eigenvalue weighted by molar-refractivity contribution is 6.26. The third-order valence-corrected chi connectivity index (χ3v) is 7.09. The number of nitrogens with one attached hydrogen (secondary N) is 2. The van der Waals surface area contributed by atoms with Crippen LogP contribution in [0.4, 0.5) is 11.4 Å². The van der Waals surface area contributed by atoms with Crippen LogP contribution in [0, 0.1) is 31.6 Å². The molecule has 5 rings (SSSR count). The molecule has 2 aromatic rings. The van der Waals surface area contributed by atoms with E-state index in [0.717, 1.165) is 16.7 Å². The number of carbonyl (C=O) groups excluding carboxylic acids is 3. The Morgan fingerprint density at radius 1 is 0.967 bits per heavy atom. The lowest BCUT2D eigenvalue weighted by atomic mass is 9.76. The summed E-state index contributed by atoms with van der Waals surface area (Å²) in [4.78, 5) is 42.1. The first-order valence-electron chi connectivity index (χ1n) is 10.4. The molecular formula is C24H25N3O3. The summed E-state index contributed by atoms with van der Waals surface area (Å²) >= 11 is 0. The van der Waals surface area contributed by atoms with E-state index < -0.39 is 17.4 Å². The van der Waals surface area contributed by atoms with Crippen molar-refractivity contribution in [3.63, 3.8) is 0 Å². The lowest BCUT2D eigenvalue weighted by molar-refractivity contribution is -0.130. The van der Waals surface area contributed by atoms with Gasteiger partial charge in [0.05, 0.1) is 17.5 Å². The van der Waals surface area contributed by atoms with Crippen LogP contribution in [0.3, 0.4) is 0 Å². The molecular weight excluding hydrogens is 378 g/mol. The number of hydrogen-bond acceptors (Lipinski definition) is 4. The molecule has 3 heterocycles. The predicted molar refractivity (Wildman–Crippen MR) is 114 cm³/mol. The van der Waals surface area contributed by atoms with Gasteiger partial charge in [0.1, 0.15) is 5.54 Å². The minimum absolute atomic E-state index is 0.0766. The zero-order valence-electron chi connectivity index (χ0n) is 17.5. The molecule has 3 aliphatic heterocycles. The lowest BCUT2D eigenvalue weighted by Gasteiger charge is -2.30. The van der Waals surface area contributed by atoms with Gasteiger partial charge in [-0.2, -0.15) is 0 Å². The minimum Gasteiger partial charge on any atom is -0.324 e. The maximum atomic E-state index is 13.8. The molecule has 2 N–H and O–H groups in total. The van der Waals surface area contributed by atoms with Gasteiger partial charge < -0.3 is 5.32 Å². The zero-order valence-corrected chi connectivity index (χ0v) is 17.5. The molecule has 2 fully saturated rings. The maximum Gasteiger partial charge on any atom is 0.250 e. The van der Waals surface area contributed by atoms with Crippen molar-refractivity contribution < 1.29 is 14.4 Å². The van der Waals surface area contributed by atoms with E-state index >= 15 is 0 Å². The number of anilines is 2. The van der Waals surface area contributed by atoms with Gasteiger partial charge in [-0.3, -0.25) is 19.7 Å². The fourth-order valence-corrected chi connectivity index (χ4v) is 5.48. The SMILES string of the molecule is Cc1cccc(N2C(=O)[C@@H]3[C@@H](C2=O)[C@@]2(N[C@H]3C(C)C)C(=O)Nc3ccccc32)c1C. The Morgan fingerprint density at radius 3 is 2.43 bits per heavy atom. The van der Waals surface area contributed by atoms with Crippen molar-refractivity contribution in [2.45, 2.75) is 39.3 Å². The van der Waals surface area contributed by atoms with Crippen molar-refractivity contribution >= 4 is 29.1 Å². The number of aryl methyl sites for hydroxylation is 1. The van der Waals surface area contributed by atoms with Crippen LogP contribution in [-0.2, 0) is 19.9 Å². The second kappa shape index (κ2) is 6.25. The third-order valence-electron chi connectivity index (χ3n) is 7.09. The first kappa shape index (κ1) is 19.0. The van der Waals surface area contributed by atoms with Crippen molar-refractivity contribution in [3.8, 4) is 0 Å². The smallest absolute Gasteiger partial charge is 0.250 e. The monoisotopic (exact) mass is 403 g/mol. The second-order valence-electron chi connectivity index (χ2n) is 8.96. The summed E-state index contributed by atoms with van der Waals surface area (Å²) in [6.07, 6.45) is 0. The number of para-hydroxylation sites is 1. The van der Waals surface area contributed by atoms with Crippen molar-refractivity contribution in [2.24, 2.45) is 17.8 Å². The summed E-state index contributed by atoms with van der Waals surface area (Å²) < 4.78 is 0. The van der Waals surface area contributed by atoms with Gasteiger partial charge in [-0.05, 0) is 43.0 Å². The summed E-state index contributed by atoms with van der Waals surface area (Å²) in [7, 11) is 0. The van der Waals surface area contributed by atoms with Gasteiger partial charge in [0.2, 0.25) is 17.7 Å². The van der Waals surface area contributed by atoms with Gasteiger partial charge in [-0.25, -0.2) is 4.90 Å². The molecule has 3 aliphatic rings. The molecule has 4 atom stereocenters. The van der Waals surface area contributed by atoms with E-state index in [9.17, 15) is 14.4 Å². The van der Waals surface area contributed by atoms with Crippen molar-refractivity contribution in [3.05, 3.63) is 59.2 Å². The van der Waals surface area contributed by atoms with Crippen LogP contribution < -0.4 is 15.5 Å². The Balaban J connectivity index is 1.71. The third kappa shape index (κ3) is 2.20. The maximum absolute atomic E-state index is 13.8. The van der Waals surface area contributed by atoms with Crippen LogP contribution in [0.5, 0.6) is 0 Å². The Bertz CT molecular complexity index is 1110. The second-order valence-corrected chi connectivity index (χ2v) is 8.96. The van der Waals surface area contributed by atoms with Gasteiger partial charge in [-0.1, -0.05) is 44.2 Å². The summed E-state index contributed by atoms with van der Waals surface area (Å²) in [6.45, 7) is 7.92. The number of hydrogen-bond donors (Lipinski definition) is 2. The van der Waals surface area contributed by atoms with Crippen LogP contribution in [0.1, 0.15) is 30.5 Å². The van der Waals surface area contributed by atoms with Gasteiger partial charge in [-0.15, -0.1) is 0 Å². The average Bonchev–Trinajstić information content (AvgIpc) is 3.30. The van der Waals surface area contributed by atoms with Crippen LogP contribution in [0.15, 0.2) is 42.5 Å². The van der Waals surface area contributed by atoms with E-state index in [1.807, 2.05) is 70.2 Å². The van der Waals surface area contributed by atoms with Crippen LogP contribution in [-0.4, -0.2) is 23.8 Å². The largest absolute Gasteiger partial charge is 0.324 e. The lowest BCUT2D eigenvalue weighted by Crippen LogP contribution is -2.54. The number of imide groups is 1. The number of nitrogens with zero attached hydrogens (tertiary/aromatic N) is 1. The van der Waals surface area contributed by atoms with Crippen molar-refractivity contribution in [1.82, 2.24) is 5.32 Å². The molecule has 30 heavy (non-hydrogen) atoms. The molecule has 1 spiro atoms. The van der Waals surface area contributed by atoms with Crippen LogP contribution >= 0.6 is 0 Å². The van der Waals surface area contributed by atoms with Crippen LogP contribution in [0.25, 0.3) is 0 Å². The topological polar surface area (TPSA) is 78.5 Å². The van der Waals surface area contributed by atoms with Gasteiger partial charge >= 0.3 is 0 Å². The molecule has 2 saturated heterocycles. The summed E-state index contributed by atoms with van der Waals surface area (Å²) in [6, 6.07) is 12.8. The van der Waals surface area contributed by atoms with E-state index in [1.165, 1.54) is 4.90 Å². The van der Waals surface area contributed by atoms with Gasteiger partial charge in [0, 0.05) is 17.3 Å². The molecule has 0 bridgehead atoms. The Hall–Kier alpha value is -2.99. The first-order valence-corrected chi connectivity index (χ1v) is 10.4. The Labute approximate surface area is 175 Å². The highest BCUT2D eigenvalue weighted by Crippen LogP contribution is 2.54. The van der Waals surface area contributed by atoms with E-state index in [1.54, 1.807) is 0 Å². The number of rotatable bonds is 2. The molecule has 154 valence electrons. The predicted octanol–water partition coefficient (Wildman–Crippen LogP) is 2.88. The number of benzene rings is 2. The van der Waals surface area contributed by atoms with E-state index in [0.29, 0.717) is 11.4 Å². The standard InChI is InChI=1S/C24H25N3O3/c1-12(2)20-18-19(24(26-20)15-9-5-6-10-16(15)25-23(24)30)22(29)27(21(18)28)17-11-7-8-13(3)14(17)4/h5-12,18-20,26H,1-4H3,(H,25,30)/t18-,19+,20+,24-/m1/s1. The highest BCUT2D eigenvalue weighted by Gasteiger charge is 2.71. The van der Waals surface area contributed by atoms with E-state index in [4.69, 9.17) is 0 Å². The molecule has 6 heteroatoms. The molecule has 0 radical (unpaired) electrons. The fourth-order valence-electron chi connectivity index (χ4n) is 5.48. The zero-order chi connectivity index (χ0) is 21.4. The van der Waals surface area contributed by atoms with Gasteiger partial charge in [0.15, 0.2) is 0 Å². The van der Waals surface area contributed by atoms with E-state index in [2.05, 4.69) is 10.6 Å². The molecule has 3 amide bonds. The first-order chi connectivity index (χ1) is 14.3. The molecule has 6 nitrogen and oxygen atoms in total. The normalized spacial score (nSPS) is 29.7. The molecule has 0 aromatic heterocycles. The van der Waals surface area contributed by atoms with Crippen molar-refractivity contribution in [1.29, 1.82) is 0 Å². The summed E-state index contributed by atoms with van der Waals surface area (Å²) in [5.74, 6) is -2.08. The Morgan fingerprint density at radius 2 is 1.70 bits per heavy atom. The van der Waals surface area contributed by atoms with E-state index in [-0.39, 0.29) is 29.7 Å². The summed E-state index contributed by atoms with van der Waals surface area (Å²) in [5.41, 5.74) is 2.75. The molecule has 0 saturated carbocycles. The minimum atomic E-state index is -1.23. The average molecular weight is 403 g/mol.